The van der Waals surface area contributed by atoms with Gasteiger partial charge in [-0.15, -0.1) is 0 Å². The summed E-state index contributed by atoms with van der Waals surface area (Å²) in [4.78, 5) is 24.0. The molecule has 0 saturated carbocycles. The molecule has 3 aromatic rings. The van der Waals surface area contributed by atoms with Crippen LogP contribution in [0.25, 0.3) is 11.3 Å². The number of hydrogen-bond acceptors (Lipinski definition) is 5. The number of esters is 1. The lowest BCUT2D eigenvalue weighted by Gasteiger charge is -2.08. The lowest BCUT2D eigenvalue weighted by Crippen LogP contribution is -2.25. The van der Waals surface area contributed by atoms with Crippen molar-refractivity contribution in [3.8, 4) is 17.0 Å². The van der Waals surface area contributed by atoms with Crippen LogP contribution in [0, 0.1) is 0 Å². The normalized spacial score (nSPS) is 10.4. The summed E-state index contributed by atoms with van der Waals surface area (Å²) in [5.41, 5.74) is 2.42. The van der Waals surface area contributed by atoms with Gasteiger partial charge in [-0.3, -0.25) is 9.48 Å². The Labute approximate surface area is 162 Å². The summed E-state index contributed by atoms with van der Waals surface area (Å²) in [6.45, 7) is 0.135. The van der Waals surface area contributed by atoms with Crippen LogP contribution in [0.15, 0.2) is 60.8 Å². The molecule has 1 aromatic heterocycles. The van der Waals surface area contributed by atoms with Crippen LogP contribution in [-0.4, -0.2) is 42.4 Å². The number of nitrogens with one attached hydrogen (secondary N) is 1. The van der Waals surface area contributed by atoms with E-state index in [2.05, 4.69) is 10.4 Å². The average molecular weight is 379 g/mol. The molecule has 7 heteroatoms. The third-order valence-corrected chi connectivity index (χ3v) is 4.14. The molecule has 1 amide bonds. The van der Waals surface area contributed by atoms with Crippen molar-refractivity contribution in [2.45, 2.75) is 6.54 Å². The number of para-hydroxylation sites is 1. The first-order valence-electron chi connectivity index (χ1n) is 8.75. The maximum atomic E-state index is 12.6. The van der Waals surface area contributed by atoms with Gasteiger partial charge in [0, 0.05) is 18.8 Å². The molecule has 0 aliphatic carbocycles. The summed E-state index contributed by atoms with van der Waals surface area (Å²) in [7, 11) is 3.04. The first kappa shape index (κ1) is 19.2. The second-order valence-electron chi connectivity index (χ2n) is 6.02. The topological polar surface area (TPSA) is 82.5 Å². The molecule has 7 nitrogen and oxygen atoms in total. The molecule has 1 heterocycles. The first-order chi connectivity index (χ1) is 13.6. The Morgan fingerprint density at radius 1 is 1.07 bits per heavy atom. The van der Waals surface area contributed by atoms with E-state index in [0.29, 0.717) is 23.6 Å². The van der Waals surface area contributed by atoms with Crippen molar-refractivity contribution >= 4 is 11.9 Å². The third kappa shape index (κ3) is 4.37. The van der Waals surface area contributed by atoms with Gasteiger partial charge in [-0.1, -0.05) is 42.5 Å². The van der Waals surface area contributed by atoms with Gasteiger partial charge in [0.2, 0.25) is 0 Å². The summed E-state index contributed by atoms with van der Waals surface area (Å²) >= 11 is 0. The summed E-state index contributed by atoms with van der Waals surface area (Å²) in [6.07, 6.45) is 1.63. The van der Waals surface area contributed by atoms with E-state index in [1.165, 1.54) is 7.05 Å². The monoisotopic (exact) mass is 379 g/mol. The van der Waals surface area contributed by atoms with E-state index in [4.69, 9.17) is 9.47 Å². The number of carbonyl (C=O) groups excluding carboxylic acids is 2. The lowest BCUT2D eigenvalue weighted by atomic mass is 10.1. The fraction of sp³-hybridized carbons (Fsp3) is 0.190. The zero-order chi connectivity index (χ0) is 19.9. The minimum atomic E-state index is -0.621. The summed E-state index contributed by atoms with van der Waals surface area (Å²) in [6, 6.07) is 17.1. The van der Waals surface area contributed by atoms with Crippen LogP contribution in [0.2, 0.25) is 0 Å². The number of carbonyl (C=O) groups is 2. The van der Waals surface area contributed by atoms with Gasteiger partial charge in [0.05, 0.1) is 13.7 Å². The van der Waals surface area contributed by atoms with Crippen molar-refractivity contribution in [3.05, 3.63) is 71.9 Å². The molecule has 0 atom stereocenters. The second-order valence-corrected chi connectivity index (χ2v) is 6.02. The van der Waals surface area contributed by atoms with Crippen LogP contribution in [0.1, 0.15) is 15.9 Å². The van der Waals surface area contributed by atoms with Crippen LogP contribution < -0.4 is 10.1 Å². The van der Waals surface area contributed by atoms with Gasteiger partial charge in [-0.25, -0.2) is 4.79 Å². The molecule has 0 bridgehead atoms. The number of amides is 1. The number of nitrogens with zero attached hydrogens (tertiary/aromatic N) is 2. The van der Waals surface area contributed by atoms with Gasteiger partial charge in [0.15, 0.2) is 6.61 Å². The Bertz CT molecular complexity index is 967. The molecule has 1 N–H and O–H groups in total. The largest absolute Gasteiger partial charge is 0.496 e. The Morgan fingerprint density at radius 2 is 1.79 bits per heavy atom. The molecule has 0 saturated heterocycles. The lowest BCUT2D eigenvalue weighted by molar-refractivity contribution is -0.123. The predicted octanol–water partition coefficient (Wildman–Crippen LogP) is 2.51. The van der Waals surface area contributed by atoms with Gasteiger partial charge < -0.3 is 14.8 Å². The van der Waals surface area contributed by atoms with E-state index in [1.807, 2.05) is 48.5 Å². The smallest absolute Gasteiger partial charge is 0.342 e. The van der Waals surface area contributed by atoms with Crippen molar-refractivity contribution in [1.29, 1.82) is 0 Å². The van der Waals surface area contributed by atoms with Crippen molar-refractivity contribution in [3.63, 3.8) is 0 Å². The van der Waals surface area contributed by atoms with E-state index in [-0.39, 0.29) is 18.1 Å². The first-order valence-corrected chi connectivity index (χ1v) is 8.75. The second kappa shape index (κ2) is 8.85. The van der Waals surface area contributed by atoms with E-state index in [9.17, 15) is 9.59 Å². The maximum absolute atomic E-state index is 12.6. The number of rotatable bonds is 7. The summed E-state index contributed by atoms with van der Waals surface area (Å²) in [5, 5.41) is 7.01. The van der Waals surface area contributed by atoms with Gasteiger partial charge in [-0.05, 0) is 17.7 Å². The molecular formula is C21H21N3O4. The molecule has 0 unspecified atom stereocenters. The minimum absolute atomic E-state index is 0.268. The quantitative estimate of drug-likeness (QED) is 0.638. The zero-order valence-corrected chi connectivity index (χ0v) is 15.7. The minimum Gasteiger partial charge on any atom is -0.496 e. The standard InChI is InChI=1S/C21H21N3O4/c1-22-19(25)14-28-21(26)17-13-24(12-15-8-4-3-5-9-15)23-20(17)16-10-6-7-11-18(16)27-2/h3-11,13H,12,14H2,1-2H3,(H,22,25). The molecular weight excluding hydrogens is 358 g/mol. The van der Waals surface area contributed by atoms with Crippen LogP contribution in [0.4, 0.5) is 0 Å². The van der Waals surface area contributed by atoms with Gasteiger partial charge >= 0.3 is 5.97 Å². The molecule has 2 aromatic carbocycles. The van der Waals surface area contributed by atoms with E-state index >= 15 is 0 Å². The number of hydrogen-bond donors (Lipinski definition) is 1. The highest BCUT2D eigenvalue weighted by Crippen LogP contribution is 2.31. The molecule has 0 fully saturated rings. The number of aromatic nitrogens is 2. The van der Waals surface area contributed by atoms with Gasteiger partial charge in [0.25, 0.3) is 5.91 Å². The Morgan fingerprint density at radius 3 is 2.50 bits per heavy atom. The summed E-state index contributed by atoms with van der Waals surface area (Å²) < 4.78 is 12.2. The van der Waals surface area contributed by atoms with Crippen molar-refractivity contribution < 1.29 is 19.1 Å². The van der Waals surface area contributed by atoms with Crippen LogP contribution in [0.3, 0.4) is 0 Å². The van der Waals surface area contributed by atoms with Crippen molar-refractivity contribution in [2.75, 3.05) is 20.8 Å². The zero-order valence-electron chi connectivity index (χ0n) is 15.7. The number of methoxy groups -OCH3 is 1. The van der Waals surface area contributed by atoms with E-state index < -0.39 is 5.97 Å². The van der Waals surface area contributed by atoms with Crippen LogP contribution >= 0.6 is 0 Å². The van der Waals surface area contributed by atoms with E-state index in [0.717, 1.165) is 5.56 Å². The highest BCUT2D eigenvalue weighted by Gasteiger charge is 2.22. The molecule has 28 heavy (non-hydrogen) atoms. The fourth-order valence-corrected chi connectivity index (χ4v) is 2.74. The SMILES string of the molecule is CNC(=O)COC(=O)c1cn(Cc2ccccc2)nc1-c1ccccc1OC. The Balaban J connectivity index is 1.98. The molecule has 0 radical (unpaired) electrons. The average Bonchev–Trinajstić information content (AvgIpc) is 3.16. The molecule has 0 spiro atoms. The highest BCUT2D eigenvalue weighted by atomic mass is 16.5. The van der Waals surface area contributed by atoms with Crippen LogP contribution in [0.5, 0.6) is 5.75 Å². The van der Waals surface area contributed by atoms with Gasteiger partial charge in [0.1, 0.15) is 17.0 Å². The molecule has 0 aliphatic heterocycles. The molecule has 0 aliphatic rings. The predicted molar refractivity (Wildman–Crippen MR) is 104 cm³/mol. The van der Waals surface area contributed by atoms with Crippen LogP contribution in [-0.2, 0) is 16.1 Å². The van der Waals surface area contributed by atoms with E-state index in [1.54, 1.807) is 24.1 Å². The third-order valence-electron chi connectivity index (χ3n) is 4.14. The Kier molecular flexibility index (Phi) is 6.06. The number of ether oxygens (including phenoxy) is 2. The van der Waals surface area contributed by atoms with Crippen molar-refractivity contribution in [1.82, 2.24) is 15.1 Å². The molecule has 3 rings (SSSR count). The van der Waals surface area contributed by atoms with Crippen molar-refractivity contribution in [2.24, 2.45) is 0 Å². The number of likely N-dealkylation sites (N-methyl/N-ethyl adjacent to an activating group) is 1. The fourth-order valence-electron chi connectivity index (χ4n) is 2.74. The van der Waals surface area contributed by atoms with Gasteiger partial charge in [-0.2, -0.15) is 5.10 Å². The summed E-state index contributed by atoms with van der Waals surface area (Å²) in [5.74, 6) is -0.416. The molecule has 144 valence electrons. The number of benzene rings is 2. The highest BCUT2D eigenvalue weighted by molar-refractivity contribution is 5.97. The Hall–Kier alpha value is -3.61. The maximum Gasteiger partial charge on any atom is 0.342 e.